The van der Waals surface area contributed by atoms with Gasteiger partial charge in [-0.2, -0.15) is 5.10 Å². The lowest BCUT2D eigenvalue weighted by Gasteiger charge is -1.87. The van der Waals surface area contributed by atoms with Crippen molar-refractivity contribution in [3.05, 3.63) is 11.8 Å². The summed E-state index contributed by atoms with van der Waals surface area (Å²) in [5.74, 6) is 0.979. The summed E-state index contributed by atoms with van der Waals surface area (Å²) in [5.41, 5.74) is 1.04. The van der Waals surface area contributed by atoms with E-state index in [1.807, 2.05) is 23.9 Å². The van der Waals surface area contributed by atoms with Crippen LogP contribution in [-0.4, -0.2) is 16.0 Å². The molecule has 0 amide bonds. The minimum Gasteiger partial charge on any atom is -0.242 e. The molecular weight excluding hydrogens is 114 g/mol. The van der Waals surface area contributed by atoms with E-state index in [-0.39, 0.29) is 0 Å². The maximum absolute atomic E-state index is 4.18. The highest BCUT2D eigenvalue weighted by atomic mass is 15.3. The van der Waals surface area contributed by atoms with E-state index in [0.717, 1.165) is 18.1 Å². The molecule has 46 valence electrons. The first-order valence-electron chi connectivity index (χ1n) is 2.93. The number of rotatable bonds is 0. The first-order chi connectivity index (χ1) is 4.36. The van der Waals surface area contributed by atoms with Crippen molar-refractivity contribution in [3.8, 4) is 0 Å². The van der Waals surface area contributed by atoms with Crippen LogP contribution in [0.4, 0.5) is 5.82 Å². The van der Waals surface area contributed by atoms with Crippen molar-refractivity contribution in [1.29, 1.82) is 0 Å². The molecule has 0 saturated carbocycles. The monoisotopic (exact) mass is 121 g/mol. The summed E-state index contributed by atoms with van der Waals surface area (Å²) in [6.07, 6.45) is 1.86. The molecule has 0 unspecified atom stereocenters. The van der Waals surface area contributed by atoms with Gasteiger partial charge in [-0.1, -0.05) is 0 Å². The number of aliphatic imine (C=N–C) groups is 1. The molecule has 0 atom stereocenters. The minimum absolute atomic E-state index is 0.836. The van der Waals surface area contributed by atoms with Gasteiger partial charge in [0.1, 0.15) is 0 Å². The Balaban J connectivity index is 2.61. The maximum atomic E-state index is 4.18. The summed E-state index contributed by atoms with van der Waals surface area (Å²) in [7, 11) is 0. The molecule has 0 fully saturated rings. The summed E-state index contributed by atoms with van der Waals surface area (Å²) >= 11 is 0. The van der Waals surface area contributed by atoms with Crippen molar-refractivity contribution in [3.63, 3.8) is 0 Å². The van der Waals surface area contributed by atoms with Gasteiger partial charge in [-0.15, -0.1) is 0 Å². The zero-order valence-corrected chi connectivity index (χ0v) is 5.20. The van der Waals surface area contributed by atoms with Crippen LogP contribution in [0.3, 0.4) is 0 Å². The van der Waals surface area contributed by atoms with Gasteiger partial charge < -0.3 is 0 Å². The zero-order valence-electron chi connectivity index (χ0n) is 5.20. The Morgan fingerprint density at radius 2 is 2.56 bits per heavy atom. The van der Waals surface area contributed by atoms with Crippen LogP contribution in [0, 0.1) is 6.92 Å². The largest absolute Gasteiger partial charge is 0.242 e. The number of nitrogens with zero attached hydrogens (tertiary/aromatic N) is 3. The van der Waals surface area contributed by atoms with Crippen molar-refractivity contribution in [2.45, 2.75) is 13.5 Å². The van der Waals surface area contributed by atoms with Crippen molar-refractivity contribution >= 4 is 12.0 Å². The maximum Gasteiger partial charge on any atom is 0.150 e. The highest BCUT2D eigenvalue weighted by Gasteiger charge is 2.05. The predicted molar refractivity (Wildman–Crippen MR) is 35.1 cm³/mol. The molecule has 2 heterocycles. The molecule has 0 radical (unpaired) electrons. The summed E-state index contributed by atoms with van der Waals surface area (Å²) in [5, 5.41) is 4.18. The topological polar surface area (TPSA) is 30.2 Å². The Hall–Kier alpha value is -1.12. The molecule has 0 N–H and O–H groups in total. The van der Waals surface area contributed by atoms with Crippen molar-refractivity contribution in [2.75, 3.05) is 0 Å². The Morgan fingerprint density at radius 3 is 3.33 bits per heavy atom. The molecule has 0 aromatic carbocycles. The van der Waals surface area contributed by atoms with Crippen LogP contribution >= 0.6 is 0 Å². The fourth-order valence-electron chi connectivity index (χ4n) is 0.982. The van der Waals surface area contributed by atoms with Crippen LogP contribution in [0.1, 0.15) is 5.69 Å². The average molecular weight is 121 g/mol. The molecule has 1 aromatic heterocycles. The third-order valence-electron chi connectivity index (χ3n) is 1.36. The van der Waals surface area contributed by atoms with Crippen LogP contribution in [-0.2, 0) is 6.54 Å². The Bertz CT molecular complexity index is 259. The third kappa shape index (κ3) is 0.575. The number of aromatic nitrogens is 2. The normalized spacial score (nSPS) is 14.3. The van der Waals surface area contributed by atoms with Gasteiger partial charge in [0.15, 0.2) is 5.82 Å². The number of fused-ring (bicyclic) bond motifs is 1. The van der Waals surface area contributed by atoms with Crippen molar-refractivity contribution < 1.29 is 0 Å². The van der Waals surface area contributed by atoms with E-state index in [2.05, 4.69) is 10.1 Å². The second kappa shape index (κ2) is 1.43. The fourth-order valence-corrected chi connectivity index (χ4v) is 0.982. The van der Waals surface area contributed by atoms with E-state index in [0.29, 0.717) is 0 Å². The lowest BCUT2D eigenvalue weighted by Crippen LogP contribution is -1.94. The van der Waals surface area contributed by atoms with E-state index in [9.17, 15) is 0 Å². The second-order valence-corrected chi connectivity index (χ2v) is 2.14. The van der Waals surface area contributed by atoms with E-state index in [4.69, 9.17) is 0 Å². The summed E-state index contributed by atoms with van der Waals surface area (Å²) < 4.78 is 1.88. The van der Waals surface area contributed by atoms with E-state index >= 15 is 0 Å². The average Bonchev–Trinajstić information content (AvgIpc) is 2.22. The Morgan fingerprint density at radius 1 is 1.67 bits per heavy atom. The number of aryl methyl sites for hydroxylation is 1. The third-order valence-corrected chi connectivity index (χ3v) is 1.36. The SMILES string of the molecule is Cc1cc2n(n1)CC=N2. The van der Waals surface area contributed by atoms with Crippen LogP contribution in [0.25, 0.3) is 0 Å². The quantitative estimate of drug-likeness (QED) is 0.501. The number of hydrogen-bond acceptors (Lipinski definition) is 2. The second-order valence-electron chi connectivity index (χ2n) is 2.14. The van der Waals surface area contributed by atoms with Gasteiger partial charge in [0.2, 0.25) is 0 Å². The molecule has 0 aliphatic carbocycles. The number of hydrogen-bond donors (Lipinski definition) is 0. The molecule has 9 heavy (non-hydrogen) atoms. The van der Waals surface area contributed by atoms with E-state index in [1.165, 1.54) is 0 Å². The van der Waals surface area contributed by atoms with Crippen LogP contribution < -0.4 is 0 Å². The van der Waals surface area contributed by atoms with Gasteiger partial charge in [0.25, 0.3) is 0 Å². The van der Waals surface area contributed by atoms with Gasteiger partial charge in [-0.3, -0.25) is 0 Å². The molecule has 3 nitrogen and oxygen atoms in total. The fraction of sp³-hybridized carbons (Fsp3) is 0.333. The standard InChI is InChI=1S/C6H7N3/c1-5-4-6-7-2-3-9(6)8-5/h2,4H,3H2,1H3. The first-order valence-corrected chi connectivity index (χ1v) is 2.93. The molecule has 0 bridgehead atoms. The van der Waals surface area contributed by atoms with Gasteiger partial charge in [0, 0.05) is 12.3 Å². The van der Waals surface area contributed by atoms with Crippen molar-refractivity contribution in [1.82, 2.24) is 9.78 Å². The Kier molecular flexibility index (Phi) is 0.754. The van der Waals surface area contributed by atoms with Gasteiger partial charge >= 0.3 is 0 Å². The molecular formula is C6H7N3. The minimum atomic E-state index is 0.836. The predicted octanol–water partition coefficient (Wildman–Crippen LogP) is 0.907. The highest BCUT2D eigenvalue weighted by molar-refractivity contribution is 5.66. The van der Waals surface area contributed by atoms with Gasteiger partial charge in [-0.05, 0) is 6.92 Å². The first kappa shape index (κ1) is 4.73. The highest BCUT2D eigenvalue weighted by Crippen LogP contribution is 2.16. The van der Waals surface area contributed by atoms with E-state index in [1.54, 1.807) is 0 Å². The lowest BCUT2D eigenvalue weighted by molar-refractivity contribution is 0.746. The van der Waals surface area contributed by atoms with Crippen molar-refractivity contribution in [2.24, 2.45) is 4.99 Å². The lowest BCUT2D eigenvalue weighted by atomic mass is 10.5. The van der Waals surface area contributed by atoms with Crippen LogP contribution in [0.2, 0.25) is 0 Å². The van der Waals surface area contributed by atoms with Gasteiger partial charge in [0.05, 0.1) is 12.2 Å². The molecule has 1 aromatic rings. The summed E-state index contributed by atoms with van der Waals surface area (Å²) in [4.78, 5) is 4.10. The smallest absolute Gasteiger partial charge is 0.150 e. The molecule has 2 rings (SSSR count). The molecule has 1 aliphatic heterocycles. The Labute approximate surface area is 53.0 Å². The van der Waals surface area contributed by atoms with Crippen LogP contribution in [0.5, 0.6) is 0 Å². The molecule has 1 aliphatic rings. The zero-order chi connectivity index (χ0) is 6.27. The summed E-state index contributed by atoms with van der Waals surface area (Å²) in [6.45, 7) is 2.81. The van der Waals surface area contributed by atoms with Gasteiger partial charge in [-0.25, -0.2) is 9.67 Å². The van der Waals surface area contributed by atoms with Crippen LogP contribution in [0.15, 0.2) is 11.1 Å². The van der Waals surface area contributed by atoms with E-state index < -0.39 is 0 Å². The molecule has 3 heteroatoms. The molecule has 0 saturated heterocycles. The summed E-state index contributed by atoms with van der Waals surface area (Å²) in [6, 6.07) is 1.98. The molecule has 0 spiro atoms.